The van der Waals surface area contributed by atoms with E-state index in [9.17, 15) is 9.59 Å². The zero-order valence-corrected chi connectivity index (χ0v) is 16.2. The van der Waals surface area contributed by atoms with Crippen LogP contribution in [0.1, 0.15) is 11.3 Å². The fraction of sp³-hybridized carbons (Fsp3) is 0.136. The van der Waals surface area contributed by atoms with Crippen LogP contribution in [0, 0.1) is 0 Å². The number of carbonyl (C=O) groups excluding carboxylic acids is 2. The highest BCUT2D eigenvalue weighted by Gasteiger charge is 2.09. The van der Waals surface area contributed by atoms with Gasteiger partial charge in [-0.15, -0.1) is 0 Å². The Morgan fingerprint density at radius 1 is 1.13 bits per heavy atom. The Labute approximate surface area is 172 Å². The minimum atomic E-state index is -0.591. The summed E-state index contributed by atoms with van der Waals surface area (Å²) < 4.78 is 21.1. The molecule has 2 aromatic carbocycles. The van der Waals surface area contributed by atoms with Gasteiger partial charge in [0.05, 0.1) is 7.11 Å². The van der Waals surface area contributed by atoms with E-state index < -0.39 is 11.9 Å². The Hall–Kier alpha value is -4.07. The summed E-state index contributed by atoms with van der Waals surface area (Å²) in [5.74, 6) is 0.112. The van der Waals surface area contributed by atoms with E-state index in [1.165, 1.54) is 19.4 Å². The first-order valence-electron chi connectivity index (χ1n) is 8.99. The topological polar surface area (TPSA) is 114 Å². The van der Waals surface area contributed by atoms with E-state index in [0.717, 1.165) is 5.56 Å². The third kappa shape index (κ3) is 5.71. The first kappa shape index (κ1) is 20.7. The van der Waals surface area contributed by atoms with Crippen LogP contribution in [0.4, 0.5) is 0 Å². The fourth-order valence-electron chi connectivity index (χ4n) is 2.50. The monoisotopic (exact) mass is 408 g/mol. The van der Waals surface area contributed by atoms with Crippen LogP contribution in [-0.4, -0.2) is 30.6 Å². The molecule has 30 heavy (non-hydrogen) atoms. The van der Waals surface area contributed by atoms with Crippen molar-refractivity contribution < 1.29 is 28.2 Å². The van der Waals surface area contributed by atoms with Crippen LogP contribution in [0.5, 0.6) is 11.5 Å². The molecule has 0 fully saturated rings. The van der Waals surface area contributed by atoms with Crippen LogP contribution in [-0.2, 0) is 20.9 Å². The zero-order chi connectivity index (χ0) is 21.3. The number of aromatic nitrogens is 1. The van der Waals surface area contributed by atoms with Crippen LogP contribution in [0.25, 0.3) is 17.5 Å². The molecule has 0 saturated heterocycles. The van der Waals surface area contributed by atoms with E-state index in [0.29, 0.717) is 28.6 Å². The second-order valence-corrected chi connectivity index (χ2v) is 6.12. The van der Waals surface area contributed by atoms with E-state index in [1.54, 1.807) is 24.3 Å². The lowest BCUT2D eigenvalue weighted by Gasteiger charge is -2.09. The number of amides is 1. The molecule has 0 atom stereocenters. The smallest absolute Gasteiger partial charge is 0.331 e. The second-order valence-electron chi connectivity index (χ2n) is 6.12. The van der Waals surface area contributed by atoms with Crippen molar-refractivity contribution in [3.63, 3.8) is 0 Å². The van der Waals surface area contributed by atoms with Gasteiger partial charge in [-0.1, -0.05) is 24.3 Å². The quantitative estimate of drug-likeness (QED) is 0.428. The Bertz CT molecular complexity index is 1040. The number of primary amides is 1. The molecule has 1 heterocycles. The maximum absolute atomic E-state index is 12.0. The van der Waals surface area contributed by atoms with Gasteiger partial charge in [0.1, 0.15) is 18.6 Å². The van der Waals surface area contributed by atoms with E-state index in [-0.39, 0.29) is 13.2 Å². The summed E-state index contributed by atoms with van der Waals surface area (Å²) >= 11 is 0. The van der Waals surface area contributed by atoms with Crippen LogP contribution in [0.3, 0.4) is 0 Å². The number of oxazole rings is 1. The molecule has 1 aromatic heterocycles. The van der Waals surface area contributed by atoms with Gasteiger partial charge in [0, 0.05) is 11.6 Å². The molecule has 3 aromatic rings. The van der Waals surface area contributed by atoms with Crippen molar-refractivity contribution in [1.82, 2.24) is 4.98 Å². The molecule has 0 unspecified atom stereocenters. The lowest BCUT2D eigenvalue weighted by molar-refractivity contribution is -0.139. The minimum absolute atomic E-state index is 0.0112. The van der Waals surface area contributed by atoms with E-state index in [4.69, 9.17) is 24.4 Å². The third-order valence-electron chi connectivity index (χ3n) is 3.90. The maximum atomic E-state index is 12.0. The number of ether oxygens (including phenoxy) is 3. The molecule has 1 amide bonds. The highest BCUT2D eigenvalue weighted by molar-refractivity contribution is 5.87. The molecule has 0 spiro atoms. The average Bonchev–Trinajstić information content (AvgIpc) is 3.24. The van der Waals surface area contributed by atoms with Crippen molar-refractivity contribution >= 4 is 18.0 Å². The van der Waals surface area contributed by atoms with Gasteiger partial charge in [0.15, 0.2) is 18.1 Å². The molecular formula is C22H20N2O6. The van der Waals surface area contributed by atoms with E-state index in [1.807, 2.05) is 30.3 Å². The summed E-state index contributed by atoms with van der Waals surface area (Å²) in [6.07, 6.45) is 4.31. The van der Waals surface area contributed by atoms with Gasteiger partial charge in [-0.3, -0.25) is 4.79 Å². The second kappa shape index (κ2) is 9.92. The van der Waals surface area contributed by atoms with Crippen molar-refractivity contribution in [2.75, 3.05) is 13.7 Å². The van der Waals surface area contributed by atoms with Gasteiger partial charge in [-0.05, 0) is 35.9 Å². The number of benzene rings is 2. The van der Waals surface area contributed by atoms with Gasteiger partial charge >= 0.3 is 5.97 Å². The van der Waals surface area contributed by atoms with Gasteiger partial charge in [0.2, 0.25) is 5.89 Å². The highest BCUT2D eigenvalue weighted by Crippen LogP contribution is 2.28. The Balaban J connectivity index is 1.56. The number of rotatable bonds is 9. The molecule has 8 nitrogen and oxygen atoms in total. The molecule has 0 saturated carbocycles. The molecule has 0 radical (unpaired) electrons. The Morgan fingerprint density at radius 3 is 2.67 bits per heavy atom. The van der Waals surface area contributed by atoms with Crippen molar-refractivity contribution in [3.8, 4) is 23.0 Å². The van der Waals surface area contributed by atoms with Gasteiger partial charge < -0.3 is 24.4 Å². The summed E-state index contributed by atoms with van der Waals surface area (Å²) in [6, 6.07) is 14.4. The number of esters is 1. The number of nitrogens with two attached hydrogens (primary N) is 1. The zero-order valence-electron chi connectivity index (χ0n) is 16.2. The molecule has 154 valence electrons. The first-order valence-corrected chi connectivity index (χ1v) is 8.99. The number of hydrogen-bond donors (Lipinski definition) is 1. The first-order chi connectivity index (χ1) is 14.5. The number of methoxy groups -OCH3 is 1. The number of hydrogen-bond acceptors (Lipinski definition) is 7. The van der Waals surface area contributed by atoms with Crippen molar-refractivity contribution in [3.05, 3.63) is 72.1 Å². The summed E-state index contributed by atoms with van der Waals surface area (Å²) in [7, 11) is 1.47. The SMILES string of the molecule is COc1cc(/C=C/C(=O)OCc2coc(-c3ccccc3)n2)ccc1OCC(N)=O. The lowest BCUT2D eigenvalue weighted by atomic mass is 10.2. The van der Waals surface area contributed by atoms with E-state index in [2.05, 4.69) is 4.98 Å². The summed E-state index contributed by atoms with van der Waals surface area (Å²) in [4.78, 5) is 27.1. The fourth-order valence-corrected chi connectivity index (χ4v) is 2.50. The Kier molecular flexibility index (Phi) is 6.83. The number of carbonyl (C=O) groups is 2. The van der Waals surface area contributed by atoms with Gasteiger partial charge in [-0.25, -0.2) is 9.78 Å². The van der Waals surface area contributed by atoms with Crippen LogP contribution in [0.2, 0.25) is 0 Å². The molecule has 8 heteroatoms. The highest BCUT2D eigenvalue weighted by atomic mass is 16.5. The van der Waals surface area contributed by atoms with Crippen LogP contribution < -0.4 is 15.2 Å². The van der Waals surface area contributed by atoms with Crippen molar-refractivity contribution in [2.24, 2.45) is 5.73 Å². The minimum Gasteiger partial charge on any atom is -0.493 e. The van der Waals surface area contributed by atoms with Crippen LogP contribution in [0.15, 0.2) is 65.3 Å². The van der Waals surface area contributed by atoms with Gasteiger partial charge in [-0.2, -0.15) is 0 Å². The molecule has 0 aliphatic rings. The standard InChI is InChI=1S/C22H20N2O6/c1-27-19-11-15(7-9-18(19)28-14-20(23)25)8-10-21(26)29-12-17-13-30-22(24-17)16-5-3-2-4-6-16/h2-11,13H,12,14H2,1H3,(H2,23,25)/b10-8+. The third-order valence-corrected chi connectivity index (χ3v) is 3.90. The predicted molar refractivity (Wildman–Crippen MR) is 108 cm³/mol. The maximum Gasteiger partial charge on any atom is 0.331 e. The molecule has 0 aliphatic carbocycles. The van der Waals surface area contributed by atoms with E-state index >= 15 is 0 Å². The van der Waals surface area contributed by atoms with Crippen molar-refractivity contribution in [2.45, 2.75) is 6.61 Å². The summed E-state index contributed by atoms with van der Waals surface area (Å²) in [5.41, 5.74) is 7.10. The average molecular weight is 408 g/mol. The summed E-state index contributed by atoms with van der Waals surface area (Å²) in [6.45, 7) is -0.269. The molecule has 2 N–H and O–H groups in total. The molecule has 3 rings (SSSR count). The number of nitrogens with zero attached hydrogens (tertiary/aromatic N) is 1. The van der Waals surface area contributed by atoms with Crippen LogP contribution >= 0.6 is 0 Å². The van der Waals surface area contributed by atoms with Crippen molar-refractivity contribution in [1.29, 1.82) is 0 Å². The molecule has 0 aliphatic heterocycles. The summed E-state index contributed by atoms with van der Waals surface area (Å²) in [5, 5.41) is 0. The van der Waals surface area contributed by atoms with Gasteiger partial charge in [0.25, 0.3) is 5.91 Å². The largest absolute Gasteiger partial charge is 0.493 e. The molecule has 0 bridgehead atoms. The lowest BCUT2D eigenvalue weighted by Crippen LogP contribution is -2.20. The molecular weight excluding hydrogens is 388 g/mol. The predicted octanol–water partition coefficient (Wildman–Crippen LogP) is 2.97. The Morgan fingerprint density at radius 2 is 1.93 bits per heavy atom. The normalized spacial score (nSPS) is 10.7.